The number of nitrogens with zero attached hydrogens (tertiary/aromatic N) is 1. The second-order valence-corrected chi connectivity index (χ2v) is 6.99. The zero-order chi connectivity index (χ0) is 13.8. The van der Waals surface area contributed by atoms with Gasteiger partial charge in [0.1, 0.15) is 0 Å². The van der Waals surface area contributed by atoms with E-state index in [0.29, 0.717) is 18.5 Å². The fourth-order valence-electron chi connectivity index (χ4n) is 3.53. The summed E-state index contributed by atoms with van der Waals surface area (Å²) in [6.07, 6.45) is 7.62. The summed E-state index contributed by atoms with van der Waals surface area (Å²) in [6, 6.07) is 4.71. The topological polar surface area (TPSA) is 32.3 Å². The van der Waals surface area contributed by atoms with Crippen LogP contribution in [0.2, 0.25) is 0 Å². The molecule has 3 nitrogen and oxygen atoms in total. The van der Waals surface area contributed by atoms with Crippen molar-refractivity contribution in [3.05, 3.63) is 22.4 Å². The van der Waals surface area contributed by atoms with E-state index < -0.39 is 0 Å². The van der Waals surface area contributed by atoms with Crippen molar-refractivity contribution in [1.29, 1.82) is 0 Å². The van der Waals surface area contributed by atoms with E-state index in [1.807, 2.05) is 16.2 Å². The Morgan fingerprint density at radius 2 is 2.05 bits per heavy atom. The average molecular weight is 292 g/mol. The Morgan fingerprint density at radius 1 is 1.30 bits per heavy atom. The number of carbonyl (C=O) groups is 1. The van der Waals surface area contributed by atoms with E-state index in [2.05, 4.69) is 22.8 Å². The predicted octanol–water partition coefficient (Wildman–Crippen LogP) is 3.19. The van der Waals surface area contributed by atoms with Gasteiger partial charge < -0.3 is 10.2 Å². The van der Waals surface area contributed by atoms with Crippen LogP contribution in [0, 0.1) is 5.92 Å². The van der Waals surface area contributed by atoms with E-state index in [4.69, 9.17) is 0 Å². The Labute approximate surface area is 125 Å². The maximum absolute atomic E-state index is 12.2. The molecule has 1 atom stereocenters. The number of hydrogen-bond donors (Lipinski definition) is 1. The second-order valence-electron chi connectivity index (χ2n) is 6.01. The van der Waals surface area contributed by atoms with Gasteiger partial charge in [-0.25, -0.2) is 0 Å². The van der Waals surface area contributed by atoms with E-state index in [9.17, 15) is 4.79 Å². The summed E-state index contributed by atoms with van der Waals surface area (Å²) < 4.78 is 0. The lowest BCUT2D eigenvalue weighted by Crippen LogP contribution is -2.39. The van der Waals surface area contributed by atoms with Gasteiger partial charge >= 0.3 is 0 Å². The first-order valence-electron chi connectivity index (χ1n) is 7.89. The monoisotopic (exact) mass is 292 g/mol. The minimum absolute atomic E-state index is 0.280. The quantitative estimate of drug-likeness (QED) is 0.904. The third-order valence-electron chi connectivity index (χ3n) is 4.65. The third kappa shape index (κ3) is 3.23. The summed E-state index contributed by atoms with van der Waals surface area (Å²) in [5, 5.41) is 5.70. The normalized spacial score (nSPS) is 21.5. The molecule has 2 aliphatic rings. The Hall–Kier alpha value is -0.870. The molecule has 4 heteroatoms. The summed E-state index contributed by atoms with van der Waals surface area (Å²) >= 11 is 1.81. The van der Waals surface area contributed by atoms with Crippen molar-refractivity contribution in [2.24, 2.45) is 5.92 Å². The first-order valence-corrected chi connectivity index (χ1v) is 8.77. The smallest absolute Gasteiger partial charge is 0.236 e. The van der Waals surface area contributed by atoms with Gasteiger partial charge in [-0.1, -0.05) is 18.9 Å². The lowest BCUT2D eigenvalue weighted by Gasteiger charge is -2.25. The molecule has 3 rings (SSSR count). The number of nitrogens with one attached hydrogen (secondary N) is 1. The molecule has 1 aromatic heterocycles. The fourth-order valence-corrected chi connectivity index (χ4v) is 4.43. The molecule has 110 valence electrons. The van der Waals surface area contributed by atoms with Crippen molar-refractivity contribution >= 4 is 17.2 Å². The minimum Gasteiger partial charge on any atom is -0.342 e. The number of rotatable bonds is 5. The second kappa shape index (κ2) is 6.72. The van der Waals surface area contributed by atoms with Gasteiger partial charge in [-0.2, -0.15) is 0 Å². The highest BCUT2D eigenvalue weighted by Gasteiger charge is 2.28. The number of amides is 1. The molecule has 2 fully saturated rings. The molecule has 20 heavy (non-hydrogen) atoms. The molecule has 2 heterocycles. The molecular formula is C16H24N2OS. The van der Waals surface area contributed by atoms with Gasteiger partial charge in [-0.15, -0.1) is 11.3 Å². The Kier molecular flexibility index (Phi) is 4.73. The third-order valence-corrected chi connectivity index (χ3v) is 5.61. The molecule has 1 N–H and O–H groups in total. The molecule has 1 saturated heterocycles. The largest absolute Gasteiger partial charge is 0.342 e. The zero-order valence-electron chi connectivity index (χ0n) is 12.0. The highest BCUT2D eigenvalue weighted by molar-refractivity contribution is 7.10. The average Bonchev–Trinajstić information content (AvgIpc) is 3.22. The van der Waals surface area contributed by atoms with Gasteiger partial charge in [0.2, 0.25) is 5.91 Å². The summed E-state index contributed by atoms with van der Waals surface area (Å²) in [5.74, 6) is 0.988. The standard InChI is InChI=1S/C16H24N2OS/c19-15(18-9-3-4-10-18)12-17-16(13-6-1-2-7-13)14-8-5-11-20-14/h5,8,11,13,16-17H,1-4,6-7,9-10,12H2. The molecule has 0 radical (unpaired) electrons. The first kappa shape index (κ1) is 14.1. The van der Waals surface area contributed by atoms with Crippen molar-refractivity contribution in [1.82, 2.24) is 10.2 Å². The van der Waals surface area contributed by atoms with Gasteiger partial charge in [0, 0.05) is 24.0 Å². The highest BCUT2D eigenvalue weighted by atomic mass is 32.1. The van der Waals surface area contributed by atoms with Crippen LogP contribution < -0.4 is 5.32 Å². The molecule has 0 aromatic carbocycles. The van der Waals surface area contributed by atoms with Gasteiger partial charge in [0.25, 0.3) is 0 Å². The van der Waals surface area contributed by atoms with Crippen LogP contribution in [0.25, 0.3) is 0 Å². The number of likely N-dealkylation sites (tertiary alicyclic amines) is 1. The number of carbonyl (C=O) groups excluding carboxylic acids is 1. The molecule has 0 bridgehead atoms. The molecule has 0 spiro atoms. The molecule has 1 amide bonds. The minimum atomic E-state index is 0.280. The van der Waals surface area contributed by atoms with Gasteiger partial charge in [0.15, 0.2) is 0 Å². The number of thiophene rings is 1. The van der Waals surface area contributed by atoms with Crippen LogP contribution in [0.15, 0.2) is 17.5 Å². The van der Waals surface area contributed by atoms with Crippen molar-refractivity contribution in [2.45, 2.75) is 44.6 Å². The lowest BCUT2D eigenvalue weighted by molar-refractivity contribution is -0.129. The van der Waals surface area contributed by atoms with E-state index in [0.717, 1.165) is 13.1 Å². The van der Waals surface area contributed by atoms with E-state index in [1.165, 1.54) is 43.4 Å². The van der Waals surface area contributed by atoms with Gasteiger partial charge in [-0.3, -0.25) is 4.79 Å². The molecule has 1 aliphatic carbocycles. The van der Waals surface area contributed by atoms with Crippen LogP contribution in [-0.2, 0) is 4.79 Å². The van der Waals surface area contributed by atoms with Crippen LogP contribution in [0.1, 0.15) is 49.4 Å². The molecule has 1 aliphatic heterocycles. The summed E-state index contributed by atoms with van der Waals surface area (Å²) in [7, 11) is 0. The predicted molar refractivity (Wildman–Crippen MR) is 82.8 cm³/mol. The van der Waals surface area contributed by atoms with E-state index in [-0.39, 0.29) is 5.91 Å². The van der Waals surface area contributed by atoms with Crippen LogP contribution in [0.5, 0.6) is 0 Å². The fraction of sp³-hybridized carbons (Fsp3) is 0.688. The zero-order valence-corrected chi connectivity index (χ0v) is 12.8. The van der Waals surface area contributed by atoms with Crippen LogP contribution in [-0.4, -0.2) is 30.4 Å². The van der Waals surface area contributed by atoms with Gasteiger partial charge in [0.05, 0.1) is 6.54 Å². The molecule has 1 saturated carbocycles. The molecule has 1 unspecified atom stereocenters. The van der Waals surface area contributed by atoms with E-state index in [1.54, 1.807) is 0 Å². The van der Waals surface area contributed by atoms with Crippen molar-refractivity contribution in [2.75, 3.05) is 19.6 Å². The van der Waals surface area contributed by atoms with Crippen LogP contribution in [0.4, 0.5) is 0 Å². The van der Waals surface area contributed by atoms with Crippen LogP contribution in [0.3, 0.4) is 0 Å². The van der Waals surface area contributed by atoms with Crippen LogP contribution >= 0.6 is 11.3 Å². The SMILES string of the molecule is O=C(CNC(c1cccs1)C1CCCC1)N1CCCC1. The maximum Gasteiger partial charge on any atom is 0.236 e. The van der Waals surface area contributed by atoms with E-state index >= 15 is 0 Å². The summed E-state index contributed by atoms with van der Waals surface area (Å²) in [5.41, 5.74) is 0. The summed E-state index contributed by atoms with van der Waals surface area (Å²) in [4.78, 5) is 15.6. The lowest BCUT2D eigenvalue weighted by atomic mass is 9.96. The first-order chi connectivity index (χ1) is 9.84. The Bertz CT molecular complexity index is 420. The van der Waals surface area contributed by atoms with Crippen molar-refractivity contribution in [3.8, 4) is 0 Å². The highest BCUT2D eigenvalue weighted by Crippen LogP contribution is 2.37. The van der Waals surface area contributed by atoms with Gasteiger partial charge in [-0.05, 0) is 43.0 Å². The molecular weight excluding hydrogens is 268 g/mol. The Balaban J connectivity index is 1.59. The maximum atomic E-state index is 12.2. The molecule has 1 aromatic rings. The number of hydrogen-bond acceptors (Lipinski definition) is 3. The van der Waals surface area contributed by atoms with Crippen molar-refractivity contribution in [3.63, 3.8) is 0 Å². The van der Waals surface area contributed by atoms with Crippen molar-refractivity contribution < 1.29 is 4.79 Å². The summed E-state index contributed by atoms with van der Waals surface area (Å²) in [6.45, 7) is 2.40. The Morgan fingerprint density at radius 3 is 2.70 bits per heavy atom.